The molecule has 2 aromatic carbocycles. The number of alkyl carbamates (subject to hydrolysis) is 1. The predicted octanol–water partition coefficient (Wildman–Crippen LogP) is 5.56. The van der Waals surface area contributed by atoms with Crippen LogP contribution in [0, 0.1) is 5.92 Å². The van der Waals surface area contributed by atoms with Gasteiger partial charge in [-0.2, -0.15) is 0 Å². The minimum Gasteiger partial charge on any atom is -0.478 e. The Labute approximate surface area is 236 Å². The van der Waals surface area contributed by atoms with Crippen molar-refractivity contribution in [2.24, 2.45) is 5.92 Å². The first-order chi connectivity index (χ1) is 18.7. The first-order valence-electron chi connectivity index (χ1n) is 13.4. The highest BCUT2D eigenvalue weighted by Crippen LogP contribution is 2.40. The van der Waals surface area contributed by atoms with Gasteiger partial charge in [-0.15, -0.1) is 0 Å². The van der Waals surface area contributed by atoms with E-state index in [9.17, 15) is 24.3 Å². The number of carboxylic acid groups (broad SMARTS) is 1. The average Bonchev–Trinajstić information content (AvgIpc) is 2.87. The molecular formula is C30H41N3O7. The number of hydrogen-bond donors (Lipinski definition) is 3. The van der Waals surface area contributed by atoms with E-state index >= 15 is 0 Å². The maximum atomic E-state index is 12.9. The molecule has 1 atom stereocenters. The number of carbonyl (C=O) groups excluding carboxylic acids is 3. The lowest BCUT2D eigenvalue weighted by molar-refractivity contribution is -0.119. The second-order valence-corrected chi connectivity index (χ2v) is 10.8. The SMILES string of the molecule is CCCC(C)C(=O)Nc1c(C(=O)O)ccc(N(C)C)c1-c1ccc(C(=O)OCCCNC(=O)OC(C)(C)C)cc1. The molecule has 0 saturated heterocycles. The fourth-order valence-electron chi connectivity index (χ4n) is 3.97. The molecule has 2 rings (SSSR count). The van der Waals surface area contributed by atoms with Gasteiger partial charge in [-0.05, 0) is 63.4 Å². The van der Waals surface area contributed by atoms with Crippen LogP contribution in [-0.4, -0.2) is 61.9 Å². The van der Waals surface area contributed by atoms with E-state index in [1.54, 1.807) is 51.1 Å². The first-order valence-corrected chi connectivity index (χ1v) is 13.4. The van der Waals surface area contributed by atoms with Gasteiger partial charge in [0.15, 0.2) is 0 Å². The lowest BCUT2D eigenvalue weighted by Crippen LogP contribution is -2.33. The van der Waals surface area contributed by atoms with Crippen LogP contribution in [0.4, 0.5) is 16.2 Å². The molecule has 2 amide bonds. The number of nitrogens with one attached hydrogen (secondary N) is 2. The minimum absolute atomic E-state index is 0.0267. The number of nitrogens with zero attached hydrogens (tertiary/aromatic N) is 1. The third-order valence-corrected chi connectivity index (χ3v) is 5.94. The zero-order chi connectivity index (χ0) is 30.0. The van der Waals surface area contributed by atoms with Crippen LogP contribution in [0.15, 0.2) is 36.4 Å². The van der Waals surface area contributed by atoms with Crippen molar-refractivity contribution in [2.45, 2.75) is 59.5 Å². The van der Waals surface area contributed by atoms with E-state index in [1.165, 1.54) is 6.07 Å². The molecular weight excluding hydrogens is 514 g/mol. The van der Waals surface area contributed by atoms with Gasteiger partial charge in [0.25, 0.3) is 0 Å². The molecule has 0 aliphatic carbocycles. The first kappa shape index (κ1) is 32.1. The molecule has 0 spiro atoms. The van der Waals surface area contributed by atoms with Crippen molar-refractivity contribution in [2.75, 3.05) is 37.5 Å². The van der Waals surface area contributed by atoms with Gasteiger partial charge in [0.2, 0.25) is 5.91 Å². The standard InChI is InChI=1S/C30H41N3O7/c1-8-10-19(2)26(34)32-25-22(27(35)36)15-16-23(33(6)7)24(25)20-11-13-21(14-12-20)28(37)39-18-9-17-31-29(38)40-30(3,4)5/h11-16,19H,8-10,17-18H2,1-7H3,(H,31,38)(H,32,34)(H,35,36). The molecule has 3 N–H and O–H groups in total. The number of hydrogen-bond acceptors (Lipinski definition) is 7. The van der Waals surface area contributed by atoms with E-state index in [-0.39, 0.29) is 29.7 Å². The van der Waals surface area contributed by atoms with Gasteiger partial charge in [-0.3, -0.25) is 4.79 Å². The molecule has 0 heterocycles. The number of ether oxygens (including phenoxy) is 2. The van der Waals surface area contributed by atoms with Crippen molar-refractivity contribution >= 4 is 35.3 Å². The maximum absolute atomic E-state index is 12.9. The number of benzene rings is 2. The highest BCUT2D eigenvalue weighted by atomic mass is 16.6. The highest BCUT2D eigenvalue weighted by molar-refractivity contribution is 6.08. The quantitative estimate of drug-likeness (QED) is 0.229. The summed E-state index contributed by atoms with van der Waals surface area (Å²) in [5.41, 5.74) is 1.77. The summed E-state index contributed by atoms with van der Waals surface area (Å²) in [6.07, 6.45) is 1.37. The summed E-state index contributed by atoms with van der Waals surface area (Å²) in [5.74, 6) is -2.24. The Balaban J connectivity index is 2.23. The van der Waals surface area contributed by atoms with Crippen molar-refractivity contribution in [3.05, 3.63) is 47.5 Å². The van der Waals surface area contributed by atoms with Gasteiger partial charge in [0.1, 0.15) is 5.60 Å². The summed E-state index contributed by atoms with van der Waals surface area (Å²) in [6.45, 7) is 9.51. The normalized spacial score (nSPS) is 11.8. The third-order valence-electron chi connectivity index (χ3n) is 5.94. The monoisotopic (exact) mass is 555 g/mol. The fraction of sp³-hybridized carbons (Fsp3) is 0.467. The van der Waals surface area contributed by atoms with E-state index in [4.69, 9.17) is 9.47 Å². The lowest BCUT2D eigenvalue weighted by Gasteiger charge is -2.23. The molecule has 0 aliphatic rings. The summed E-state index contributed by atoms with van der Waals surface area (Å²) in [7, 11) is 3.65. The molecule has 1 unspecified atom stereocenters. The Morgan fingerprint density at radius 2 is 1.68 bits per heavy atom. The van der Waals surface area contributed by atoms with E-state index in [1.807, 2.05) is 32.8 Å². The summed E-state index contributed by atoms with van der Waals surface area (Å²) >= 11 is 0. The maximum Gasteiger partial charge on any atom is 0.407 e. The zero-order valence-electron chi connectivity index (χ0n) is 24.4. The molecule has 0 radical (unpaired) electrons. The van der Waals surface area contributed by atoms with Crippen LogP contribution >= 0.6 is 0 Å². The number of carbonyl (C=O) groups is 4. The Bertz CT molecular complexity index is 1200. The third kappa shape index (κ3) is 9.29. The molecule has 10 heteroatoms. The minimum atomic E-state index is -1.16. The van der Waals surface area contributed by atoms with Gasteiger partial charge in [-0.1, -0.05) is 32.4 Å². The van der Waals surface area contributed by atoms with Crippen LogP contribution in [0.5, 0.6) is 0 Å². The van der Waals surface area contributed by atoms with Gasteiger partial charge < -0.3 is 30.1 Å². The van der Waals surface area contributed by atoms with Crippen LogP contribution in [0.2, 0.25) is 0 Å². The number of esters is 1. The van der Waals surface area contributed by atoms with Gasteiger partial charge >= 0.3 is 18.0 Å². The topological polar surface area (TPSA) is 134 Å². The molecule has 218 valence electrons. The molecule has 40 heavy (non-hydrogen) atoms. The molecule has 0 aromatic heterocycles. The fourth-order valence-corrected chi connectivity index (χ4v) is 3.97. The van der Waals surface area contributed by atoms with Crippen molar-refractivity contribution in [1.29, 1.82) is 0 Å². The summed E-state index contributed by atoms with van der Waals surface area (Å²) in [4.78, 5) is 51.1. The number of rotatable bonds is 12. The molecule has 0 bridgehead atoms. The molecule has 10 nitrogen and oxygen atoms in total. The zero-order valence-corrected chi connectivity index (χ0v) is 24.4. The molecule has 0 aliphatic heterocycles. The van der Waals surface area contributed by atoms with Crippen LogP contribution in [0.25, 0.3) is 11.1 Å². The smallest absolute Gasteiger partial charge is 0.407 e. The van der Waals surface area contributed by atoms with E-state index < -0.39 is 23.6 Å². The van der Waals surface area contributed by atoms with E-state index in [0.717, 1.165) is 6.42 Å². The van der Waals surface area contributed by atoms with Gasteiger partial charge in [-0.25, -0.2) is 14.4 Å². The number of carboxylic acids is 1. The van der Waals surface area contributed by atoms with E-state index in [0.29, 0.717) is 41.8 Å². The largest absolute Gasteiger partial charge is 0.478 e. The van der Waals surface area contributed by atoms with Crippen molar-refractivity contribution in [1.82, 2.24) is 5.32 Å². The molecule has 0 saturated carbocycles. The lowest BCUT2D eigenvalue weighted by atomic mass is 9.95. The molecule has 0 fully saturated rings. The second kappa shape index (κ2) is 14.3. The van der Waals surface area contributed by atoms with E-state index in [2.05, 4.69) is 10.6 Å². The number of amides is 2. The summed E-state index contributed by atoms with van der Waals surface area (Å²) < 4.78 is 10.5. The van der Waals surface area contributed by atoms with Crippen LogP contribution in [0.1, 0.15) is 74.6 Å². The second-order valence-electron chi connectivity index (χ2n) is 10.8. The number of anilines is 2. The van der Waals surface area contributed by atoms with Crippen LogP contribution < -0.4 is 15.5 Å². The van der Waals surface area contributed by atoms with Crippen molar-refractivity contribution in [3.63, 3.8) is 0 Å². The Morgan fingerprint density at radius 3 is 2.23 bits per heavy atom. The summed E-state index contributed by atoms with van der Waals surface area (Å²) in [5, 5.41) is 15.4. The number of aromatic carboxylic acids is 1. The Hall–Kier alpha value is -4.08. The highest BCUT2D eigenvalue weighted by Gasteiger charge is 2.24. The summed E-state index contributed by atoms with van der Waals surface area (Å²) in [6, 6.07) is 9.74. The average molecular weight is 556 g/mol. The van der Waals surface area contributed by atoms with Gasteiger partial charge in [0, 0.05) is 37.8 Å². The Morgan fingerprint density at radius 1 is 1.02 bits per heavy atom. The van der Waals surface area contributed by atoms with Crippen LogP contribution in [-0.2, 0) is 14.3 Å². The molecule has 2 aromatic rings. The van der Waals surface area contributed by atoms with Crippen molar-refractivity contribution < 1.29 is 33.8 Å². The van der Waals surface area contributed by atoms with Crippen molar-refractivity contribution in [3.8, 4) is 11.1 Å². The van der Waals surface area contributed by atoms with Crippen LogP contribution in [0.3, 0.4) is 0 Å². The Kier molecular flexibility index (Phi) is 11.5. The predicted molar refractivity (Wildman–Crippen MR) is 155 cm³/mol. The van der Waals surface area contributed by atoms with Gasteiger partial charge in [0.05, 0.1) is 23.4 Å².